The molecule has 1 aromatic rings. The lowest BCUT2D eigenvalue weighted by atomic mass is 10.0. The summed E-state index contributed by atoms with van der Waals surface area (Å²) in [6, 6.07) is 6.80. The molecule has 0 aromatic heterocycles. The Morgan fingerprint density at radius 2 is 2.00 bits per heavy atom. The summed E-state index contributed by atoms with van der Waals surface area (Å²) in [6.07, 6.45) is 5.95. The fourth-order valence-electron chi connectivity index (χ4n) is 2.29. The van der Waals surface area contributed by atoms with E-state index < -0.39 is 0 Å². The van der Waals surface area contributed by atoms with E-state index in [0.717, 1.165) is 37.4 Å². The molecular formula is C20H28O4S. The molecule has 1 aromatic carbocycles. The normalized spacial score (nSPS) is 12.7. The molecule has 1 rings (SSSR count). The zero-order chi connectivity index (χ0) is 18.7. The van der Waals surface area contributed by atoms with E-state index in [2.05, 4.69) is 13.8 Å². The number of carbonyl (C=O) groups is 2. The molecule has 25 heavy (non-hydrogen) atoms. The van der Waals surface area contributed by atoms with Gasteiger partial charge in [-0.15, -0.1) is 0 Å². The van der Waals surface area contributed by atoms with Crippen molar-refractivity contribution in [2.45, 2.75) is 46.5 Å². The van der Waals surface area contributed by atoms with Gasteiger partial charge in [-0.05, 0) is 31.4 Å². The summed E-state index contributed by atoms with van der Waals surface area (Å²) in [4.78, 5) is 23.9. The van der Waals surface area contributed by atoms with Crippen LogP contribution in [-0.2, 0) is 14.3 Å². The maximum atomic E-state index is 12.1. The third-order valence-corrected chi connectivity index (χ3v) is 4.94. The molecule has 1 N–H and O–H groups in total. The minimum absolute atomic E-state index is 0.00893. The fourth-order valence-corrected chi connectivity index (χ4v) is 2.91. The van der Waals surface area contributed by atoms with Gasteiger partial charge in [-0.1, -0.05) is 63.1 Å². The highest BCUT2D eigenvalue weighted by Crippen LogP contribution is 2.21. The van der Waals surface area contributed by atoms with Crippen molar-refractivity contribution in [2.75, 3.05) is 12.4 Å². The van der Waals surface area contributed by atoms with Crippen LogP contribution in [0.25, 0.3) is 6.08 Å². The van der Waals surface area contributed by atoms with Crippen LogP contribution in [-0.4, -0.2) is 28.6 Å². The number of thioether (sulfide) groups is 1. The lowest BCUT2D eigenvalue weighted by Gasteiger charge is -2.14. The van der Waals surface area contributed by atoms with Crippen LogP contribution in [0.2, 0.25) is 0 Å². The van der Waals surface area contributed by atoms with E-state index in [4.69, 9.17) is 4.74 Å². The summed E-state index contributed by atoms with van der Waals surface area (Å²) < 4.78 is 5.29. The van der Waals surface area contributed by atoms with Crippen LogP contribution in [0.3, 0.4) is 0 Å². The molecule has 1 unspecified atom stereocenters. The van der Waals surface area contributed by atoms with E-state index in [0.29, 0.717) is 23.7 Å². The molecule has 0 aliphatic carbocycles. The fraction of sp³-hybridized carbons (Fsp3) is 0.500. The molecule has 0 fully saturated rings. The lowest BCUT2D eigenvalue weighted by Crippen LogP contribution is -2.16. The molecule has 0 aliphatic heterocycles. The standard InChI is InChI=1S/C20H28O4S/c1-4-6-9-16(5-2)13-24-19(22)14-25-20(23)15(3)12-17-10-7-8-11-18(17)21/h7-8,10-12,16,21H,4-6,9,13-14H2,1-3H3/b15-12+. The van der Waals surface area contributed by atoms with E-state index in [1.165, 1.54) is 0 Å². The molecule has 0 aliphatic rings. The summed E-state index contributed by atoms with van der Waals surface area (Å²) in [5.41, 5.74) is 1.06. The van der Waals surface area contributed by atoms with Crippen molar-refractivity contribution in [3.8, 4) is 5.75 Å². The Labute approximate surface area is 154 Å². The Hall–Kier alpha value is -1.75. The van der Waals surface area contributed by atoms with E-state index in [-0.39, 0.29) is 22.6 Å². The van der Waals surface area contributed by atoms with Crippen molar-refractivity contribution >= 4 is 28.9 Å². The molecule has 0 spiro atoms. The van der Waals surface area contributed by atoms with E-state index in [1.54, 1.807) is 37.3 Å². The monoisotopic (exact) mass is 364 g/mol. The van der Waals surface area contributed by atoms with Crippen LogP contribution in [0.5, 0.6) is 5.75 Å². The van der Waals surface area contributed by atoms with Gasteiger partial charge in [0.05, 0.1) is 12.4 Å². The van der Waals surface area contributed by atoms with Gasteiger partial charge >= 0.3 is 5.97 Å². The van der Waals surface area contributed by atoms with Crippen LogP contribution in [0.4, 0.5) is 0 Å². The average Bonchev–Trinajstić information content (AvgIpc) is 2.61. The topological polar surface area (TPSA) is 63.6 Å². The first kappa shape index (κ1) is 21.3. The average molecular weight is 365 g/mol. The van der Waals surface area contributed by atoms with Crippen LogP contribution in [0, 0.1) is 5.92 Å². The molecule has 0 amide bonds. The number of rotatable bonds is 10. The lowest BCUT2D eigenvalue weighted by molar-refractivity contribution is -0.142. The molecule has 0 radical (unpaired) electrons. The second-order valence-corrected chi connectivity index (χ2v) is 7.01. The van der Waals surface area contributed by atoms with Gasteiger partial charge in [-0.3, -0.25) is 9.59 Å². The number of hydrogen-bond donors (Lipinski definition) is 1. The minimum atomic E-state index is -0.358. The van der Waals surface area contributed by atoms with Crippen LogP contribution < -0.4 is 0 Å². The molecule has 4 nitrogen and oxygen atoms in total. The number of carbonyl (C=O) groups excluding carboxylic acids is 2. The molecular weight excluding hydrogens is 336 g/mol. The van der Waals surface area contributed by atoms with Gasteiger partial charge in [-0.2, -0.15) is 0 Å². The predicted octanol–water partition coefficient (Wildman–Crippen LogP) is 4.81. The summed E-state index contributed by atoms with van der Waals surface area (Å²) in [5.74, 6) is 0.169. The van der Waals surface area contributed by atoms with Gasteiger partial charge in [0.15, 0.2) is 0 Å². The van der Waals surface area contributed by atoms with Crippen molar-refractivity contribution in [2.24, 2.45) is 5.92 Å². The number of esters is 1. The predicted molar refractivity (Wildman–Crippen MR) is 103 cm³/mol. The smallest absolute Gasteiger partial charge is 0.316 e. The van der Waals surface area contributed by atoms with Gasteiger partial charge in [0.1, 0.15) is 5.75 Å². The molecule has 0 saturated heterocycles. The van der Waals surface area contributed by atoms with Crippen molar-refractivity contribution in [3.63, 3.8) is 0 Å². The first-order chi connectivity index (χ1) is 12.0. The molecule has 0 heterocycles. The Morgan fingerprint density at radius 1 is 1.28 bits per heavy atom. The van der Waals surface area contributed by atoms with E-state index >= 15 is 0 Å². The zero-order valence-corrected chi connectivity index (χ0v) is 16.1. The van der Waals surface area contributed by atoms with Gasteiger partial charge < -0.3 is 9.84 Å². The Bertz CT molecular complexity index is 595. The highest BCUT2D eigenvalue weighted by atomic mass is 32.2. The van der Waals surface area contributed by atoms with E-state index in [9.17, 15) is 14.7 Å². The Morgan fingerprint density at radius 3 is 2.64 bits per heavy atom. The van der Waals surface area contributed by atoms with E-state index in [1.807, 2.05) is 0 Å². The Kier molecular flexibility index (Phi) is 10.0. The number of ether oxygens (including phenoxy) is 1. The highest BCUT2D eigenvalue weighted by Gasteiger charge is 2.13. The van der Waals surface area contributed by atoms with Gasteiger partial charge in [0, 0.05) is 11.1 Å². The quantitative estimate of drug-likeness (QED) is 0.476. The Balaban J connectivity index is 2.42. The summed E-state index contributed by atoms with van der Waals surface area (Å²) in [5, 5.41) is 9.53. The molecule has 1 atom stereocenters. The van der Waals surface area contributed by atoms with Crippen molar-refractivity contribution in [1.29, 1.82) is 0 Å². The highest BCUT2D eigenvalue weighted by molar-refractivity contribution is 8.14. The molecule has 5 heteroatoms. The SMILES string of the molecule is CCCCC(CC)COC(=O)CSC(=O)/C(C)=C/c1ccccc1O. The van der Waals surface area contributed by atoms with Gasteiger partial charge in [0.25, 0.3) is 0 Å². The van der Waals surface area contributed by atoms with Crippen LogP contribution >= 0.6 is 11.8 Å². The maximum Gasteiger partial charge on any atom is 0.316 e. The second-order valence-electron chi connectivity index (χ2n) is 6.06. The first-order valence-corrected chi connectivity index (χ1v) is 9.75. The summed E-state index contributed by atoms with van der Waals surface area (Å²) in [6.45, 7) is 6.34. The van der Waals surface area contributed by atoms with Crippen LogP contribution in [0.1, 0.15) is 52.0 Å². The molecule has 138 valence electrons. The van der Waals surface area contributed by atoms with Crippen molar-refractivity contribution in [1.82, 2.24) is 0 Å². The number of benzene rings is 1. The number of phenols is 1. The molecule has 0 saturated carbocycles. The summed E-state index contributed by atoms with van der Waals surface area (Å²) in [7, 11) is 0. The third kappa shape index (κ3) is 8.25. The zero-order valence-electron chi connectivity index (χ0n) is 15.3. The number of hydrogen-bond acceptors (Lipinski definition) is 5. The van der Waals surface area contributed by atoms with Gasteiger partial charge in [-0.25, -0.2) is 0 Å². The van der Waals surface area contributed by atoms with Crippen molar-refractivity contribution in [3.05, 3.63) is 35.4 Å². The third-order valence-electron chi connectivity index (χ3n) is 3.98. The van der Waals surface area contributed by atoms with Crippen LogP contribution in [0.15, 0.2) is 29.8 Å². The largest absolute Gasteiger partial charge is 0.507 e. The second kappa shape index (κ2) is 11.7. The summed E-state index contributed by atoms with van der Waals surface area (Å²) >= 11 is 0.931. The number of para-hydroxylation sites is 1. The van der Waals surface area contributed by atoms with Crippen molar-refractivity contribution < 1.29 is 19.4 Å². The maximum absolute atomic E-state index is 12.1. The number of unbranched alkanes of at least 4 members (excludes halogenated alkanes) is 1. The number of phenolic OH excluding ortho intramolecular Hbond substituents is 1. The number of aromatic hydroxyl groups is 1. The first-order valence-electron chi connectivity index (χ1n) is 8.76. The minimum Gasteiger partial charge on any atom is -0.507 e. The van der Waals surface area contributed by atoms with Gasteiger partial charge in [0.2, 0.25) is 5.12 Å². The molecule has 0 bridgehead atoms.